The monoisotopic (exact) mass is 852 g/mol. The van der Waals surface area contributed by atoms with Crippen molar-refractivity contribution in [2.75, 3.05) is 36.3 Å². The van der Waals surface area contributed by atoms with Crippen LogP contribution in [0.2, 0.25) is 37.8 Å². The van der Waals surface area contributed by atoms with E-state index in [2.05, 4.69) is 40.4 Å². The fraction of sp³-hybridized carbons (Fsp3) is 1.00. The molecule has 294 valence electrons. The Bertz CT molecular complexity index is 611. The van der Waals surface area contributed by atoms with Crippen molar-refractivity contribution < 1.29 is 15.3 Å². The Kier molecular flexibility index (Phi) is 41.3. The third kappa shape index (κ3) is 38.0. The van der Waals surface area contributed by atoms with Gasteiger partial charge in [-0.1, -0.05) is 143 Å². The Morgan fingerprint density at radius 2 is 0.729 bits per heavy atom. The Hall–Kier alpha value is 2.27. The first-order chi connectivity index (χ1) is 22.7. The van der Waals surface area contributed by atoms with E-state index in [9.17, 15) is 15.3 Å². The van der Waals surface area contributed by atoms with Crippen LogP contribution in [-0.2, 0) is 0 Å². The molecule has 0 aromatic carbocycles. The molecule has 0 radical (unpaired) electrons. The minimum absolute atomic E-state index is 0.0112. The summed E-state index contributed by atoms with van der Waals surface area (Å²) in [5, 5.41) is 28.2. The third-order valence-electron chi connectivity index (χ3n) is 9.37. The molecule has 48 heavy (non-hydrogen) atoms. The van der Waals surface area contributed by atoms with E-state index < -0.39 is 22.2 Å². The van der Waals surface area contributed by atoms with Crippen molar-refractivity contribution >= 4 is 90.2 Å². The maximum Gasteiger partial charge on any atom is 0.341 e. The van der Waals surface area contributed by atoms with Crippen molar-refractivity contribution in [2.24, 2.45) is 17.8 Å². The highest BCUT2D eigenvalue weighted by molar-refractivity contribution is 7.64. The van der Waals surface area contributed by atoms with Gasteiger partial charge in [0.05, 0.1) is 0 Å². The van der Waals surface area contributed by atoms with Gasteiger partial charge in [-0.3, -0.25) is 0 Å². The lowest BCUT2D eigenvalue weighted by molar-refractivity contribution is 0.281. The van der Waals surface area contributed by atoms with Crippen molar-refractivity contribution in [3.8, 4) is 0 Å². The molecule has 0 aliphatic heterocycles. The quantitative estimate of drug-likeness (QED) is 0.0292. The molecule has 0 amide bonds. The molecule has 0 fully saturated rings. The molecule has 3 nitrogen and oxygen atoms in total. The van der Waals surface area contributed by atoms with Crippen LogP contribution in [0.4, 0.5) is 0 Å². The zero-order valence-corrected chi connectivity index (χ0v) is 39.5. The summed E-state index contributed by atoms with van der Waals surface area (Å²) in [5.74, 6) is 4.48. The first kappa shape index (κ1) is 54.6. The smallest absolute Gasteiger partial charge is 0.341 e. The minimum atomic E-state index is -2.42. The summed E-state index contributed by atoms with van der Waals surface area (Å²) >= 11 is 34.7. The average Bonchev–Trinajstić information content (AvgIpc) is 3.04. The molecular formula is C36H78Cl6O3Si3. The molecule has 0 aliphatic rings. The van der Waals surface area contributed by atoms with Gasteiger partial charge in [0.1, 0.15) is 8.07 Å². The van der Waals surface area contributed by atoms with Gasteiger partial charge in [0, 0.05) is 44.4 Å². The van der Waals surface area contributed by atoms with E-state index in [4.69, 9.17) is 68.0 Å². The van der Waals surface area contributed by atoms with Crippen molar-refractivity contribution in [1.29, 1.82) is 0 Å². The predicted molar refractivity (Wildman–Crippen MR) is 231 cm³/mol. The summed E-state index contributed by atoms with van der Waals surface area (Å²) < 4.78 is 0. The van der Waals surface area contributed by atoms with Crippen LogP contribution in [0, 0.1) is 17.8 Å². The van der Waals surface area contributed by atoms with E-state index in [-0.39, 0.29) is 18.7 Å². The molecule has 12 heteroatoms. The number of rotatable bonds is 30. The second kappa shape index (κ2) is 36.3. The number of aliphatic hydroxyl groups is 3. The zero-order valence-electron chi connectivity index (χ0n) is 31.9. The lowest BCUT2D eigenvalue weighted by Gasteiger charge is -2.29. The van der Waals surface area contributed by atoms with Crippen molar-refractivity contribution in [2.45, 2.75) is 174 Å². The zero-order chi connectivity index (χ0) is 37.3. The number of alkyl halides is 3. The van der Waals surface area contributed by atoms with E-state index in [0.29, 0.717) is 11.8 Å². The molecule has 3 unspecified atom stereocenters. The second-order valence-electron chi connectivity index (χ2n) is 15.3. The molecule has 0 aliphatic carbocycles. The number of hydrogen-bond acceptors (Lipinski definition) is 3. The van der Waals surface area contributed by atoms with Gasteiger partial charge in [0.25, 0.3) is 0 Å². The number of aliphatic hydroxyl groups excluding tert-OH is 3. The molecule has 0 saturated heterocycles. The van der Waals surface area contributed by atoms with Gasteiger partial charge in [-0.2, -0.15) is 0 Å². The highest BCUT2D eigenvalue weighted by atomic mass is 35.8. The topological polar surface area (TPSA) is 60.7 Å². The van der Waals surface area contributed by atoms with Crippen molar-refractivity contribution in [3.63, 3.8) is 0 Å². The van der Waals surface area contributed by atoms with E-state index in [1.807, 2.05) is 0 Å². The van der Waals surface area contributed by atoms with Crippen molar-refractivity contribution in [1.82, 2.24) is 0 Å². The standard InChI is InChI=1S/C13H29ClO3Si.C13H29ClSi.C10H20Cl4Si/c1-2-13(7-5-3-4-6-8-14)9-18(10-15,11-16)12-17;1-5-13(12-15(2,3)4)10-8-6-7-9-11-14;1-2-10(9-15(12,13)14)7-5-3-4-6-8-11/h13,15-17H,2-12H2,1H3;13H,5-12H2,1-4H3;10H,2-9H2,1H3. The summed E-state index contributed by atoms with van der Waals surface area (Å²) in [7, 11) is -3.07. The highest BCUT2D eigenvalue weighted by Crippen LogP contribution is 2.33. The Balaban J connectivity index is -0.000000637. The minimum Gasteiger partial charge on any atom is -0.399 e. The maximum atomic E-state index is 9.39. The molecule has 0 bridgehead atoms. The summed E-state index contributed by atoms with van der Waals surface area (Å²) in [6.07, 6.45) is 22.1. The third-order valence-corrected chi connectivity index (χ3v) is 17.9. The van der Waals surface area contributed by atoms with Gasteiger partial charge >= 0.3 is 6.00 Å². The normalized spacial score (nSPS) is 14.1. The van der Waals surface area contributed by atoms with Crippen LogP contribution in [0.1, 0.15) is 136 Å². The molecule has 0 aromatic heterocycles. The van der Waals surface area contributed by atoms with Gasteiger partial charge < -0.3 is 15.3 Å². The fourth-order valence-electron chi connectivity index (χ4n) is 6.14. The fourth-order valence-corrected chi connectivity index (χ4v) is 14.5. The average molecular weight is 856 g/mol. The number of unbranched alkanes of at least 4 members (excludes halogenated alkanes) is 9. The lowest BCUT2D eigenvalue weighted by Crippen LogP contribution is -2.49. The highest BCUT2D eigenvalue weighted by Gasteiger charge is 2.33. The first-order valence-corrected chi connectivity index (χ1v) is 32.6. The lowest BCUT2D eigenvalue weighted by atomic mass is 10.0. The molecule has 0 saturated carbocycles. The van der Waals surface area contributed by atoms with Crippen molar-refractivity contribution in [3.05, 3.63) is 0 Å². The van der Waals surface area contributed by atoms with Gasteiger partial charge in [0.15, 0.2) is 0 Å². The summed E-state index contributed by atoms with van der Waals surface area (Å²) in [6, 6.07) is 0.737. The van der Waals surface area contributed by atoms with E-state index >= 15 is 0 Å². The summed E-state index contributed by atoms with van der Waals surface area (Å²) in [6.45, 7) is 14.1. The molecule has 0 aromatic rings. The van der Waals surface area contributed by atoms with Crippen LogP contribution in [0.5, 0.6) is 0 Å². The van der Waals surface area contributed by atoms with Crippen LogP contribution < -0.4 is 0 Å². The van der Waals surface area contributed by atoms with Crippen LogP contribution >= 0.6 is 68.0 Å². The molecule has 0 heterocycles. The van der Waals surface area contributed by atoms with E-state index in [1.165, 1.54) is 89.5 Å². The molecule has 0 rings (SSSR count). The maximum absolute atomic E-state index is 9.39. The first-order valence-electron chi connectivity index (χ1n) is 19.2. The largest absolute Gasteiger partial charge is 0.399 e. The molecule has 3 N–H and O–H groups in total. The molecule has 3 atom stereocenters. The van der Waals surface area contributed by atoms with Crippen LogP contribution in [0.15, 0.2) is 0 Å². The number of halogens is 6. The SMILES string of the molecule is CCC(CCCCCCCl)C[Si](C)(C)C.CCC(CCCCCCCl)C[Si](CO)(CO)CO.CCC(CCCCCCCl)C[Si](Cl)(Cl)Cl. The summed E-state index contributed by atoms with van der Waals surface area (Å²) in [4.78, 5) is 0. The Morgan fingerprint density at radius 3 is 0.979 bits per heavy atom. The predicted octanol–water partition coefficient (Wildman–Crippen LogP) is 13.6. The number of hydrogen-bond donors (Lipinski definition) is 3. The molecule has 0 spiro atoms. The van der Waals surface area contributed by atoms with Gasteiger partial charge in [-0.25, -0.2) is 0 Å². The Labute approximate surface area is 331 Å². The van der Waals surface area contributed by atoms with Gasteiger partial charge in [-0.15, -0.1) is 68.0 Å². The van der Waals surface area contributed by atoms with Gasteiger partial charge in [-0.05, 0) is 49.1 Å². The Morgan fingerprint density at radius 1 is 0.438 bits per heavy atom. The van der Waals surface area contributed by atoms with E-state index in [1.54, 1.807) is 0 Å². The summed E-state index contributed by atoms with van der Waals surface area (Å²) in [5.41, 5.74) is 0. The van der Waals surface area contributed by atoms with Crippen LogP contribution in [0.25, 0.3) is 0 Å². The second-order valence-corrected chi connectivity index (χ2v) is 35.5. The van der Waals surface area contributed by atoms with E-state index in [0.717, 1.165) is 67.8 Å². The molecular weight excluding hydrogens is 777 g/mol. The van der Waals surface area contributed by atoms with Gasteiger partial charge in [0.2, 0.25) is 0 Å². The van der Waals surface area contributed by atoms with Crippen LogP contribution in [-0.4, -0.2) is 73.8 Å². The van der Waals surface area contributed by atoms with Crippen LogP contribution in [0.3, 0.4) is 0 Å².